The van der Waals surface area contributed by atoms with E-state index in [9.17, 15) is 0 Å². The molecule has 0 aromatic carbocycles. The van der Waals surface area contributed by atoms with Crippen LogP contribution in [0.15, 0.2) is 16.9 Å². The van der Waals surface area contributed by atoms with Crippen LogP contribution in [-0.4, -0.2) is 44.9 Å². The van der Waals surface area contributed by atoms with Crippen molar-refractivity contribution in [3.05, 3.63) is 24.1 Å². The molecule has 0 amide bonds. The second-order valence-corrected chi connectivity index (χ2v) is 4.82. The first-order valence-corrected chi connectivity index (χ1v) is 6.92. The molecule has 2 rings (SSSR count). The van der Waals surface area contributed by atoms with E-state index < -0.39 is 0 Å². The van der Waals surface area contributed by atoms with Gasteiger partial charge in [0.05, 0.1) is 6.61 Å². The van der Waals surface area contributed by atoms with Crippen LogP contribution in [0.1, 0.15) is 31.5 Å². The topological polar surface area (TPSA) is 109 Å². The predicted octanol–water partition coefficient (Wildman–Crippen LogP) is 1.04. The lowest BCUT2D eigenvalue weighted by molar-refractivity contribution is 0.311. The van der Waals surface area contributed by atoms with Gasteiger partial charge in [0, 0.05) is 31.5 Å². The Morgan fingerprint density at radius 1 is 1.19 bits per heavy atom. The fourth-order valence-corrected chi connectivity index (χ4v) is 1.64. The van der Waals surface area contributed by atoms with Gasteiger partial charge in [-0.3, -0.25) is 0 Å². The van der Waals surface area contributed by atoms with Crippen LogP contribution in [0.4, 0.5) is 11.6 Å². The van der Waals surface area contributed by atoms with Crippen molar-refractivity contribution in [1.29, 1.82) is 0 Å². The van der Waals surface area contributed by atoms with Gasteiger partial charge in [0.2, 0.25) is 5.89 Å². The molecule has 2 aromatic rings. The lowest BCUT2D eigenvalue weighted by Gasteiger charge is -2.06. The summed E-state index contributed by atoms with van der Waals surface area (Å²) in [5.41, 5.74) is 0. The number of hydrogen-bond acceptors (Lipinski definition) is 8. The van der Waals surface area contributed by atoms with Crippen LogP contribution in [0.25, 0.3) is 0 Å². The van der Waals surface area contributed by atoms with E-state index in [1.165, 1.54) is 6.33 Å². The quantitative estimate of drug-likeness (QED) is 0.662. The fourth-order valence-electron chi connectivity index (χ4n) is 1.64. The third kappa shape index (κ3) is 4.67. The Balaban J connectivity index is 1.82. The first kappa shape index (κ1) is 15.2. The van der Waals surface area contributed by atoms with Crippen LogP contribution in [0, 0.1) is 0 Å². The van der Waals surface area contributed by atoms with E-state index in [0.717, 1.165) is 0 Å². The lowest BCUT2D eigenvalue weighted by Crippen LogP contribution is -2.10. The highest BCUT2D eigenvalue weighted by Gasteiger charge is 2.09. The number of aromatic nitrogens is 4. The zero-order valence-corrected chi connectivity index (χ0v) is 12.2. The van der Waals surface area contributed by atoms with Gasteiger partial charge in [-0.2, -0.15) is 4.98 Å². The summed E-state index contributed by atoms with van der Waals surface area (Å²) < 4.78 is 5.14. The SMILES string of the molecule is CC(C)c1nc(CCNc2cc(NCCO)ncn2)no1. The maximum absolute atomic E-state index is 8.76. The van der Waals surface area contributed by atoms with Crippen molar-refractivity contribution in [2.24, 2.45) is 0 Å². The molecule has 0 saturated heterocycles. The van der Waals surface area contributed by atoms with Crippen molar-refractivity contribution in [3.63, 3.8) is 0 Å². The average molecular weight is 292 g/mol. The number of nitrogens with one attached hydrogen (secondary N) is 2. The van der Waals surface area contributed by atoms with Gasteiger partial charge in [-0.25, -0.2) is 9.97 Å². The zero-order chi connectivity index (χ0) is 15.1. The highest BCUT2D eigenvalue weighted by molar-refractivity contribution is 5.46. The summed E-state index contributed by atoms with van der Waals surface area (Å²) in [5, 5.41) is 18.8. The smallest absolute Gasteiger partial charge is 0.229 e. The van der Waals surface area contributed by atoms with E-state index >= 15 is 0 Å². The molecule has 0 atom stereocenters. The number of anilines is 2. The number of aliphatic hydroxyl groups excluding tert-OH is 1. The van der Waals surface area contributed by atoms with Gasteiger partial charge in [-0.1, -0.05) is 19.0 Å². The molecule has 0 aliphatic rings. The molecule has 8 nitrogen and oxygen atoms in total. The second-order valence-electron chi connectivity index (χ2n) is 4.82. The molecule has 2 heterocycles. The Kier molecular flexibility index (Phi) is 5.44. The number of hydrogen-bond donors (Lipinski definition) is 3. The highest BCUT2D eigenvalue weighted by Crippen LogP contribution is 2.11. The van der Waals surface area contributed by atoms with Crippen molar-refractivity contribution in [1.82, 2.24) is 20.1 Å². The van der Waals surface area contributed by atoms with Gasteiger partial charge in [-0.05, 0) is 0 Å². The molecule has 0 spiro atoms. The summed E-state index contributed by atoms with van der Waals surface area (Å²) in [7, 11) is 0. The summed E-state index contributed by atoms with van der Waals surface area (Å²) in [4.78, 5) is 12.5. The fraction of sp³-hybridized carbons (Fsp3) is 0.538. The zero-order valence-electron chi connectivity index (χ0n) is 12.2. The van der Waals surface area contributed by atoms with Crippen LogP contribution in [-0.2, 0) is 6.42 Å². The largest absolute Gasteiger partial charge is 0.395 e. The van der Waals surface area contributed by atoms with Crippen LogP contribution >= 0.6 is 0 Å². The summed E-state index contributed by atoms with van der Waals surface area (Å²) in [6, 6.07) is 1.78. The maximum Gasteiger partial charge on any atom is 0.229 e. The van der Waals surface area contributed by atoms with Gasteiger partial charge in [0.1, 0.15) is 18.0 Å². The van der Waals surface area contributed by atoms with Gasteiger partial charge >= 0.3 is 0 Å². The van der Waals surface area contributed by atoms with Gasteiger partial charge in [0.25, 0.3) is 0 Å². The molecule has 0 aliphatic carbocycles. The molecule has 0 bridgehead atoms. The Bertz CT molecular complexity index is 557. The third-order valence-electron chi connectivity index (χ3n) is 2.72. The minimum atomic E-state index is 0.0583. The average Bonchev–Trinajstić information content (AvgIpc) is 2.95. The lowest BCUT2D eigenvalue weighted by atomic mass is 10.2. The van der Waals surface area contributed by atoms with E-state index in [2.05, 4.69) is 30.7 Å². The molecule has 21 heavy (non-hydrogen) atoms. The standard InChI is InChI=1S/C13H20N6O2/c1-9(2)13-18-10(19-21-13)3-4-14-11-7-12(15-5-6-20)17-8-16-11/h7-9,20H,3-6H2,1-2H3,(H2,14,15,16,17). The Morgan fingerprint density at radius 2 is 1.90 bits per heavy atom. The molecular weight excluding hydrogens is 272 g/mol. The Morgan fingerprint density at radius 3 is 2.52 bits per heavy atom. The summed E-state index contributed by atoms with van der Waals surface area (Å²) in [5.74, 6) is 2.95. The summed E-state index contributed by atoms with van der Waals surface area (Å²) in [6.45, 7) is 5.18. The van der Waals surface area contributed by atoms with E-state index in [0.29, 0.717) is 42.9 Å². The molecular formula is C13H20N6O2. The van der Waals surface area contributed by atoms with E-state index in [1.807, 2.05) is 13.8 Å². The Labute approximate surface area is 123 Å². The van der Waals surface area contributed by atoms with Gasteiger partial charge in [0.15, 0.2) is 5.82 Å². The van der Waals surface area contributed by atoms with Crippen molar-refractivity contribution in [2.45, 2.75) is 26.2 Å². The summed E-state index contributed by atoms with van der Waals surface area (Å²) >= 11 is 0. The van der Waals surface area contributed by atoms with Crippen LogP contribution in [0.3, 0.4) is 0 Å². The maximum atomic E-state index is 8.76. The van der Waals surface area contributed by atoms with Gasteiger partial charge < -0.3 is 20.3 Å². The normalized spacial score (nSPS) is 10.9. The van der Waals surface area contributed by atoms with Crippen molar-refractivity contribution >= 4 is 11.6 Å². The van der Waals surface area contributed by atoms with Gasteiger partial charge in [-0.15, -0.1) is 0 Å². The second kappa shape index (κ2) is 7.53. The minimum absolute atomic E-state index is 0.0583. The number of nitrogens with zero attached hydrogens (tertiary/aromatic N) is 4. The van der Waals surface area contributed by atoms with E-state index in [-0.39, 0.29) is 12.5 Å². The molecule has 8 heteroatoms. The predicted molar refractivity (Wildman–Crippen MR) is 78.2 cm³/mol. The molecule has 3 N–H and O–H groups in total. The Hall–Kier alpha value is -2.22. The van der Waals surface area contributed by atoms with Crippen LogP contribution in [0.5, 0.6) is 0 Å². The first-order chi connectivity index (χ1) is 10.2. The molecule has 0 fully saturated rings. The molecule has 0 unspecified atom stereocenters. The number of aliphatic hydroxyl groups is 1. The molecule has 0 radical (unpaired) electrons. The first-order valence-electron chi connectivity index (χ1n) is 6.92. The van der Waals surface area contributed by atoms with Crippen molar-refractivity contribution in [2.75, 3.05) is 30.3 Å². The monoisotopic (exact) mass is 292 g/mol. The molecule has 0 aliphatic heterocycles. The summed E-state index contributed by atoms with van der Waals surface area (Å²) in [6.07, 6.45) is 2.12. The highest BCUT2D eigenvalue weighted by atomic mass is 16.5. The molecule has 2 aromatic heterocycles. The number of rotatable bonds is 8. The molecule has 0 saturated carbocycles. The van der Waals surface area contributed by atoms with E-state index in [4.69, 9.17) is 9.63 Å². The minimum Gasteiger partial charge on any atom is -0.395 e. The van der Waals surface area contributed by atoms with Crippen LogP contribution in [0.2, 0.25) is 0 Å². The van der Waals surface area contributed by atoms with Crippen molar-refractivity contribution in [3.8, 4) is 0 Å². The van der Waals surface area contributed by atoms with Crippen LogP contribution < -0.4 is 10.6 Å². The molecule has 114 valence electrons. The van der Waals surface area contributed by atoms with E-state index in [1.54, 1.807) is 6.07 Å². The van der Waals surface area contributed by atoms with Crippen molar-refractivity contribution < 1.29 is 9.63 Å². The third-order valence-corrected chi connectivity index (χ3v) is 2.72.